The van der Waals surface area contributed by atoms with Gasteiger partial charge in [0.25, 0.3) is 0 Å². The molecule has 4 saturated heterocycles. The van der Waals surface area contributed by atoms with Crippen molar-refractivity contribution in [3.63, 3.8) is 0 Å². The molecule has 0 spiro atoms. The number of nitrogens with two attached hydrogens (primary N) is 1. The standard InChI is InChI=1S/C17H32N4/c1-13-10-20-7-3-4-16(20)11-21(13)17(12-18)8-14-5-6-15(9-17)19(14)2/h13-16H,3-12,18H2,1-2H3. The summed E-state index contributed by atoms with van der Waals surface area (Å²) in [7, 11) is 2.33. The maximum Gasteiger partial charge on any atom is 0.0365 e. The van der Waals surface area contributed by atoms with Crippen LogP contribution >= 0.6 is 0 Å². The van der Waals surface area contributed by atoms with Crippen LogP contribution in [0.2, 0.25) is 0 Å². The number of rotatable bonds is 2. The summed E-state index contributed by atoms with van der Waals surface area (Å²) in [6.45, 7) is 7.14. The van der Waals surface area contributed by atoms with Gasteiger partial charge in [-0.15, -0.1) is 0 Å². The van der Waals surface area contributed by atoms with Crippen LogP contribution in [0.3, 0.4) is 0 Å². The molecule has 21 heavy (non-hydrogen) atoms. The number of piperidine rings is 1. The summed E-state index contributed by atoms with van der Waals surface area (Å²) in [6.07, 6.45) is 8.17. The van der Waals surface area contributed by atoms with E-state index in [0.717, 1.165) is 24.7 Å². The summed E-state index contributed by atoms with van der Waals surface area (Å²) < 4.78 is 0. The zero-order chi connectivity index (χ0) is 14.6. The van der Waals surface area contributed by atoms with Gasteiger partial charge in [0.1, 0.15) is 0 Å². The van der Waals surface area contributed by atoms with Crippen molar-refractivity contribution in [3.8, 4) is 0 Å². The molecule has 4 heteroatoms. The normalized spacial score (nSPS) is 48.7. The van der Waals surface area contributed by atoms with E-state index in [1.807, 2.05) is 0 Å². The third kappa shape index (κ3) is 2.18. The molecular weight excluding hydrogens is 260 g/mol. The minimum absolute atomic E-state index is 0.284. The molecule has 4 nitrogen and oxygen atoms in total. The lowest BCUT2D eigenvalue weighted by molar-refractivity contribution is -0.0622. The monoisotopic (exact) mass is 292 g/mol. The number of fused-ring (bicyclic) bond motifs is 3. The fraction of sp³-hybridized carbons (Fsp3) is 1.00. The van der Waals surface area contributed by atoms with Crippen molar-refractivity contribution < 1.29 is 0 Å². The number of hydrogen-bond acceptors (Lipinski definition) is 4. The van der Waals surface area contributed by atoms with Gasteiger partial charge >= 0.3 is 0 Å². The topological polar surface area (TPSA) is 35.7 Å². The molecule has 0 amide bonds. The Morgan fingerprint density at radius 3 is 2.43 bits per heavy atom. The highest BCUT2D eigenvalue weighted by Gasteiger charge is 2.52. The van der Waals surface area contributed by atoms with Crippen LogP contribution < -0.4 is 5.73 Å². The Kier molecular flexibility index (Phi) is 3.57. The molecule has 4 heterocycles. The second-order valence-corrected chi connectivity index (χ2v) is 8.18. The summed E-state index contributed by atoms with van der Waals surface area (Å²) in [6, 6.07) is 3.04. The summed E-state index contributed by atoms with van der Waals surface area (Å²) in [4.78, 5) is 8.22. The maximum absolute atomic E-state index is 6.39. The third-order valence-corrected chi connectivity index (χ3v) is 7.14. The van der Waals surface area contributed by atoms with Gasteiger partial charge < -0.3 is 10.6 Å². The van der Waals surface area contributed by atoms with Crippen molar-refractivity contribution in [2.45, 2.75) is 75.2 Å². The number of nitrogens with zero attached hydrogens (tertiary/aromatic N) is 3. The van der Waals surface area contributed by atoms with Gasteiger partial charge in [0, 0.05) is 49.3 Å². The van der Waals surface area contributed by atoms with Gasteiger partial charge in [-0.3, -0.25) is 9.80 Å². The SMILES string of the molecule is CC1CN2CCCC2CN1C1(CN)CC2CCC(C1)N2C. The minimum atomic E-state index is 0.284. The van der Waals surface area contributed by atoms with Gasteiger partial charge in [-0.2, -0.15) is 0 Å². The number of piperazine rings is 1. The zero-order valence-electron chi connectivity index (χ0n) is 13.8. The van der Waals surface area contributed by atoms with Crippen molar-refractivity contribution in [1.82, 2.24) is 14.7 Å². The van der Waals surface area contributed by atoms with Crippen molar-refractivity contribution in [3.05, 3.63) is 0 Å². The molecule has 4 aliphatic heterocycles. The van der Waals surface area contributed by atoms with E-state index in [1.54, 1.807) is 0 Å². The van der Waals surface area contributed by atoms with Crippen molar-refractivity contribution in [2.75, 3.05) is 33.2 Å². The van der Waals surface area contributed by atoms with Crippen molar-refractivity contribution >= 4 is 0 Å². The second kappa shape index (κ2) is 5.19. The fourth-order valence-corrected chi connectivity index (χ4v) is 5.91. The molecule has 4 rings (SSSR count). The largest absolute Gasteiger partial charge is 0.329 e. The molecule has 0 aromatic heterocycles. The first-order valence-corrected chi connectivity index (χ1v) is 9.06. The quantitative estimate of drug-likeness (QED) is 0.827. The highest BCUT2D eigenvalue weighted by molar-refractivity contribution is 5.09. The first-order valence-electron chi connectivity index (χ1n) is 9.06. The molecule has 4 atom stereocenters. The molecule has 0 aromatic carbocycles. The maximum atomic E-state index is 6.39. The lowest BCUT2D eigenvalue weighted by Crippen LogP contribution is -2.69. The number of hydrogen-bond donors (Lipinski definition) is 1. The highest BCUT2D eigenvalue weighted by atomic mass is 15.4. The molecule has 0 aromatic rings. The summed E-state index contributed by atoms with van der Waals surface area (Å²) in [5.74, 6) is 0. The smallest absolute Gasteiger partial charge is 0.0365 e. The van der Waals surface area contributed by atoms with Crippen LogP contribution in [0.15, 0.2) is 0 Å². The molecule has 0 radical (unpaired) electrons. The lowest BCUT2D eigenvalue weighted by Gasteiger charge is -2.56. The molecule has 4 aliphatic rings. The van der Waals surface area contributed by atoms with Gasteiger partial charge in [-0.05, 0) is 59.0 Å². The third-order valence-electron chi connectivity index (χ3n) is 7.14. The van der Waals surface area contributed by atoms with Crippen LogP contribution in [0.25, 0.3) is 0 Å². The first-order chi connectivity index (χ1) is 10.1. The van der Waals surface area contributed by atoms with Crippen molar-refractivity contribution in [1.29, 1.82) is 0 Å². The Morgan fingerprint density at radius 2 is 1.76 bits per heavy atom. The molecule has 2 bridgehead atoms. The Morgan fingerprint density at radius 1 is 1.05 bits per heavy atom. The van der Waals surface area contributed by atoms with Crippen LogP contribution in [0.5, 0.6) is 0 Å². The Balaban J connectivity index is 1.58. The van der Waals surface area contributed by atoms with E-state index in [2.05, 4.69) is 28.7 Å². The first kappa shape index (κ1) is 14.4. The lowest BCUT2D eigenvalue weighted by atomic mass is 9.79. The summed E-state index contributed by atoms with van der Waals surface area (Å²) in [5, 5.41) is 0. The molecule has 2 N–H and O–H groups in total. The van der Waals surface area contributed by atoms with Gasteiger partial charge in [-0.25, -0.2) is 0 Å². The van der Waals surface area contributed by atoms with E-state index in [-0.39, 0.29) is 5.54 Å². The van der Waals surface area contributed by atoms with E-state index in [1.165, 1.54) is 58.2 Å². The van der Waals surface area contributed by atoms with Crippen LogP contribution in [0.1, 0.15) is 45.4 Å². The molecule has 120 valence electrons. The Bertz CT molecular complexity index is 384. The zero-order valence-corrected chi connectivity index (χ0v) is 13.8. The predicted octanol–water partition coefficient (Wildman–Crippen LogP) is 1.11. The van der Waals surface area contributed by atoms with Gasteiger partial charge in [0.05, 0.1) is 0 Å². The fourth-order valence-electron chi connectivity index (χ4n) is 5.91. The molecular formula is C17H32N4. The van der Waals surface area contributed by atoms with E-state index >= 15 is 0 Å². The molecule has 0 aliphatic carbocycles. The van der Waals surface area contributed by atoms with E-state index < -0.39 is 0 Å². The Labute approximate surface area is 129 Å². The summed E-state index contributed by atoms with van der Waals surface area (Å²) >= 11 is 0. The molecule has 4 unspecified atom stereocenters. The van der Waals surface area contributed by atoms with Crippen LogP contribution in [0.4, 0.5) is 0 Å². The van der Waals surface area contributed by atoms with Gasteiger partial charge in [0.2, 0.25) is 0 Å². The molecule has 4 fully saturated rings. The van der Waals surface area contributed by atoms with Crippen LogP contribution in [-0.4, -0.2) is 77.6 Å². The van der Waals surface area contributed by atoms with E-state index in [4.69, 9.17) is 5.73 Å². The summed E-state index contributed by atoms with van der Waals surface area (Å²) in [5.41, 5.74) is 6.68. The second-order valence-electron chi connectivity index (χ2n) is 8.18. The van der Waals surface area contributed by atoms with Crippen molar-refractivity contribution in [2.24, 2.45) is 5.73 Å². The van der Waals surface area contributed by atoms with Gasteiger partial charge in [0.15, 0.2) is 0 Å². The molecule has 0 saturated carbocycles. The van der Waals surface area contributed by atoms with E-state index in [0.29, 0.717) is 6.04 Å². The Hall–Kier alpha value is -0.160. The van der Waals surface area contributed by atoms with Crippen LogP contribution in [-0.2, 0) is 0 Å². The highest BCUT2D eigenvalue weighted by Crippen LogP contribution is 2.44. The minimum Gasteiger partial charge on any atom is -0.329 e. The van der Waals surface area contributed by atoms with Gasteiger partial charge in [-0.1, -0.05) is 0 Å². The average molecular weight is 292 g/mol. The predicted molar refractivity (Wildman–Crippen MR) is 86.4 cm³/mol. The van der Waals surface area contributed by atoms with Crippen LogP contribution in [0, 0.1) is 0 Å². The average Bonchev–Trinajstić information content (AvgIpc) is 2.99. The van der Waals surface area contributed by atoms with E-state index in [9.17, 15) is 0 Å².